The van der Waals surface area contributed by atoms with Crippen LogP contribution in [0.1, 0.15) is 32.8 Å². The second-order valence-corrected chi connectivity index (χ2v) is 7.66. The maximum Gasteiger partial charge on any atom is 0.410 e. The van der Waals surface area contributed by atoms with Crippen molar-refractivity contribution in [3.05, 3.63) is 33.8 Å². The van der Waals surface area contributed by atoms with E-state index in [1.54, 1.807) is 23.1 Å². The van der Waals surface area contributed by atoms with Gasteiger partial charge < -0.3 is 19.5 Å². The van der Waals surface area contributed by atoms with Crippen LogP contribution in [0.25, 0.3) is 0 Å². The molecule has 0 aromatic heterocycles. The summed E-state index contributed by atoms with van der Waals surface area (Å²) in [6.07, 6.45) is 0.0507. The van der Waals surface area contributed by atoms with Crippen molar-refractivity contribution in [1.82, 2.24) is 4.90 Å². The lowest BCUT2D eigenvalue weighted by Crippen LogP contribution is -2.39. The second kappa shape index (κ2) is 7.48. The Labute approximate surface area is 152 Å². The first-order valence-electron chi connectivity index (χ1n) is 7.85. The van der Waals surface area contributed by atoms with Crippen molar-refractivity contribution in [2.24, 2.45) is 0 Å². The normalized spacial score (nSPS) is 22.2. The largest absolute Gasteiger partial charge is 0.444 e. The molecule has 2 rings (SSSR count). The molecule has 1 aliphatic heterocycles. The summed E-state index contributed by atoms with van der Waals surface area (Å²) in [6.45, 7) is 6.37. The van der Waals surface area contributed by atoms with Gasteiger partial charge in [0.1, 0.15) is 11.2 Å². The van der Waals surface area contributed by atoms with Gasteiger partial charge in [0.2, 0.25) is 0 Å². The topological polar surface area (TPSA) is 59.0 Å². The fraction of sp³-hybridized carbons (Fsp3) is 0.588. The minimum absolute atomic E-state index is 0.215. The first kappa shape index (κ1) is 19.3. The first-order valence-corrected chi connectivity index (χ1v) is 8.61. The molecule has 1 unspecified atom stereocenters. The molecule has 0 bridgehead atoms. The average Bonchev–Trinajstić information content (AvgIpc) is 2.72. The molecule has 1 fully saturated rings. The fourth-order valence-electron chi connectivity index (χ4n) is 2.58. The monoisotopic (exact) mass is 375 g/mol. The molecule has 1 atom stereocenters. The van der Waals surface area contributed by atoms with E-state index >= 15 is 0 Å². The molecule has 1 heterocycles. The number of hydrogen-bond donors (Lipinski definition) is 1. The number of carbonyl (C=O) groups excluding carboxylic acids is 1. The van der Waals surface area contributed by atoms with E-state index in [-0.39, 0.29) is 12.7 Å². The van der Waals surface area contributed by atoms with Gasteiger partial charge in [-0.15, -0.1) is 0 Å². The third-order valence-corrected chi connectivity index (χ3v) is 4.62. The summed E-state index contributed by atoms with van der Waals surface area (Å²) >= 11 is 12.1. The maximum absolute atomic E-state index is 12.2. The Kier molecular flexibility index (Phi) is 6.02. The predicted octanol–water partition coefficient (Wildman–Crippen LogP) is 3.84. The lowest BCUT2D eigenvalue weighted by atomic mass is 9.91. The summed E-state index contributed by atoms with van der Waals surface area (Å²) in [5.74, 6) is 0. The molecule has 1 amide bonds. The molecule has 24 heavy (non-hydrogen) atoms. The van der Waals surface area contributed by atoms with Crippen LogP contribution in [-0.2, 0) is 15.1 Å². The Bertz CT molecular complexity index is 603. The number of rotatable bonds is 2. The van der Waals surface area contributed by atoms with Crippen molar-refractivity contribution >= 4 is 29.3 Å². The number of hydrogen-bond acceptors (Lipinski definition) is 4. The fourth-order valence-corrected chi connectivity index (χ4v) is 2.88. The van der Waals surface area contributed by atoms with E-state index in [0.29, 0.717) is 36.2 Å². The molecule has 0 aliphatic carbocycles. The van der Waals surface area contributed by atoms with Crippen molar-refractivity contribution in [2.75, 3.05) is 26.3 Å². The third-order valence-electron chi connectivity index (χ3n) is 3.88. The molecule has 1 N–H and O–H groups in total. The van der Waals surface area contributed by atoms with Crippen LogP contribution < -0.4 is 0 Å². The van der Waals surface area contributed by atoms with Crippen LogP contribution in [-0.4, -0.2) is 48.0 Å². The predicted molar refractivity (Wildman–Crippen MR) is 93.6 cm³/mol. The molecular weight excluding hydrogens is 353 g/mol. The number of nitrogens with zero attached hydrogens (tertiary/aromatic N) is 1. The maximum atomic E-state index is 12.2. The van der Waals surface area contributed by atoms with Gasteiger partial charge in [-0.25, -0.2) is 4.79 Å². The van der Waals surface area contributed by atoms with E-state index in [4.69, 9.17) is 32.7 Å². The molecule has 0 saturated carbocycles. The van der Waals surface area contributed by atoms with Gasteiger partial charge in [0.15, 0.2) is 0 Å². The SMILES string of the molecule is CC(C)(C)OC(=O)N1CCOC(CO)(c2ccc(Cl)c(Cl)c2)CC1. The summed E-state index contributed by atoms with van der Waals surface area (Å²) in [5, 5.41) is 10.8. The Balaban J connectivity index is 2.17. The van der Waals surface area contributed by atoms with Crippen molar-refractivity contribution in [3.8, 4) is 0 Å². The van der Waals surface area contributed by atoms with Gasteiger partial charge in [0.05, 0.1) is 23.3 Å². The van der Waals surface area contributed by atoms with Crippen LogP contribution in [0.15, 0.2) is 18.2 Å². The number of aliphatic hydroxyl groups is 1. The summed E-state index contributed by atoms with van der Waals surface area (Å²) in [4.78, 5) is 13.8. The number of benzene rings is 1. The summed E-state index contributed by atoms with van der Waals surface area (Å²) in [6, 6.07) is 5.16. The van der Waals surface area contributed by atoms with Crippen molar-refractivity contribution in [3.63, 3.8) is 0 Å². The molecular formula is C17H23Cl2NO4. The van der Waals surface area contributed by atoms with Gasteiger partial charge in [0.25, 0.3) is 0 Å². The van der Waals surface area contributed by atoms with E-state index < -0.39 is 11.2 Å². The number of aliphatic hydroxyl groups excluding tert-OH is 1. The zero-order valence-corrected chi connectivity index (χ0v) is 15.7. The second-order valence-electron chi connectivity index (χ2n) is 6.85. The Morgan fingerprint density at radius 1 is 1.33 bits per heavy atom. The standard InChI is InChI=1S/C17H23Cl2NO4/c1-16(2,3)24-15(22)20-7-6-17(11-21,23-9-8-20)12-4-5-13(18)14(19)10-12/h4-5,10,21H,6-9,11H2,1-3H3. The lowest BCUT2D eigenvalue weighted by molar-refractivity contribution is -0.0792. The van der Waals surface area contributed by atoms with Crippen LogP contribution in [0.5, 0.6) is 0 Å². The molecule has 7 heteroatoms. The Morgan fingerprint density at radius 2 is 2.04 bits per heavy atom. The van der Waals surface area contributed by atoms with Gasteiger partial charge in [-0.1, -0.05) is 29.3 Å². The highest BCUT2D eigenvalue weighted by atomic mass is 35.5. The summed E-state index contributed by atoms with van der Waals surface area (Å²) in [7, 11) is 0. The average molecular weight is 376 g/mol. The Morgan fingerprint density at radius 3 is 2.62 bits per heavy atom. The number of carbonyl (C=O) groups is 1. The number of ether oxygens (including phenoxy) is 2. The molecule has 5 nitrogen and oxygen atoms in total. The van der Waals surface area contributed by atoms with E-state index in [1.165, 1.54) is 0 Å². The smallest absolute Gasteiger partial charge is 0.410 e. The quantitative estimate of drug-likeness (QED) is 0.852. The van der Waals surface area contributed by atoms with Crippen LogP contribution in [0, 0.1) is 0 Å². The van der Waals surface area contributed by atoms with E-state index in [9.17, 15) is 9.90 Å². The first-order chi connectivity index (χ1) is 11.2. The lowest BCUT2D eigenvalue weighted by Gasteiger charge is -2.31. The number of amides is 1. The third kappa shape index (κ3) is 4.54. The minimum atomic E-state index is -0.912. The molecule has 0 spiro atoms. The molecule has 1 aromatic carbocycles. The molecule has 134 valence electrons. The van der Waals surface area contributed by atoms with Crippen LogP contribution >= 0.6 is 23.2 Å². The van der Waals surface area contributed by atoms with Crippen LogP contribution in [0.2, 0.25) is 10.0 Å². The molecule has 1 aromatic rings. The van der Waals surface area contributed by atoms with Gasteiger partial charge >= 0.3 is 6.09 Å². The van der Waals surface area contributed by atoms with Gasteiger partial charge in [0, 0.05) is 19.5 Å². The zero-order valence-electron chi connectivity index (χ0n) is 14.1. The molecule has 1 saturated heterocycles. The minimum Gasteiger partial charge on any atom is -0.444 e. The van der Waals surface area contributed by atoms with E-state index in [1.807, 2.05) is 20.8 Å². The van der Waals surface area contributed by atoms with E-state index in [2.05, 4.69) is 0 Å². The number of halogens is 2. The Hall–Kier alpha value is -1.01. The van der Waals surface area contributed by atoms with E-state index in [0.717, 1.165) is 5.56 Å². The summed E-state index contributed by atoms with van der Waals surface area (Å²) < 4.78 is 11.3. The highest BCUT2D eigenvalue weighted by molar-refractivity contribution is 6.42. The zero-order chi connectivity index (χ0) is 18.0. The molecule has 0 radical (unpaired) electrons. The van der Waals surface area contributed by atoms with Crippen molar-refractivity contribution in [2.45, 2.75) is 38.4 Å². The van der Waals surface area contributed by atoms with Crippen LogP contribution in [0.3, 0.4) is 0 Å². The van der Waals surface area contributed by atoms with Crippen molar-refractivity contribution in [1.29, 1.82) is 0 Å². The highest BCUT2D eigenvalue weighted by Gasteiger charge is 2.37. The molecule has 1 aliphatic rings. The summed E-state index contributed by atoms with van der Waals surface area (Å²) in [5.41, 5.74) is -0.724. The highest BCUT2D eigenvalue weighted by Crippen LogP contribution is 2.35. The van der Waals surface area contributed by atoms with Crippen LogP contribution in [0.4, 0.5) is 4.79 Å². The van der Waals surface area contributed by atoms with Crippen molar-refractivity contribution < 1.29 is 19.4 Å². The van der Waals surface area contributed by atoms with Gasteiger partial charge in [-0.05, 0) is 38.5 Å². The van der Waals surface area contributed by atoms with Gasteiger partial charge in [-0.2, -0.15) is 0 Å². The van der Waals surface area contributed by atoms with Gasteiger partial charge in [-0.3, -0.25) is 0 Å².